The number of carbonyl (C=O) groups is 1. The predicted molar refractivity (Wildman–Crippen MR) is 72.3 cm³/mol. The highest BCUT2D eigenvalue weighted by Crippen LogP contribution is 2.33. The highest BCUT2D eigenvalue weighted by atomic mass is 19.1. The van der Waals surface area contributed by atoms with Gasteiger partial charge < -0.3 is 10.6 Å². The van der Waals surface area contributed by atoms with Gasteiger partial charge in [-0.2, -0.15) is 0 Å². The summed E-state index contributed by atoms with van der Waals surface area (Å²) in [4.78, 5) is 12.2. The first kappa shape index (κ1) is 12.6. The lowest BCUT2D eigenvalue weighted by atomic mass is 9.85. The van der Waals surface area contributed by atoms with Crippen LogP contribution in [0.2, 0.25) is 0 Å². The van der Waals surface area contributed by atoms with E-state index in [1.54, 1.807) is 12.1 Å². The van der Waals surface area contributed by atoms with Crippen molar-refractivity contribution in [3.8, 4) is 0 Å². The van der Waals surface area contributed by atoms with E-state index in [4.69, 9.17) is 0 Å². The van der Waals surface area contributed by atoms with E-state index in [2.05, 4.69) is 10.6 Å². The molecule has 3 unspecified atom stereocenters. The number of hydrogen-bond donors (Lipinski definition) is 2. The minimum absolute atomic E-state index is 0.000933. The van der Waals surface area contributed by atoms with E-state index >= 15 is 0 Å². The quantitative estimate of drug-likeness (QED) is 0.860. The first-order chi connectivity index (χ1) is 9.22. The maximum Gasteiger partial charge on any atom is 0.241 e. The van der Waals surface area contributed by atoms with Crippen molar-refractivity contribution in [2.45, 2.75) is 44.2 Å². The van der Waals surface area contributed by atoms with Gasteiger partial charge in [0.05, 0.1) is 6.04 Å². The van der Waals surface area contributed by atoms with Crippen LogP contribution >= 0.6 is 0 Å². The third kappa shape index (κ3) is 2.78. The minimum atomic E-state index is -0.289. The second kappa shape index (κ2) is 5.29. The zero-order chi connectivity index (χ0) is 13.2. The van der Waals surface area contributed by atoms with E-state index in [0.717, 1.165) is 6.42 Å². The molecular weight excluding hydrogens is 243 g/mol. The number of amides is 1. The second-order valence-electron chi connectivity index (χ2n) is 5.60. The molecule has 3 atom stereocenters. The van der Waals surface area contributed by atoms with Gasteiger partial charge in [-0.1, -0.05) is 12.8 Å². The maximum atomic E-state index is 12.8. The summed E-state index contributed by atoms with van der Waals surface area (Å²) in [6.07, 6.45) is 5.90. The average molecular weight is 262 g/mol. The first-order valence-electron chi connectivity index (χ1n) is 7.05. The summed E-state index contributed by atoms with van der Waals surface area (Å²) in [7, 11) is 0. The van der Waals surface area contributed by atoms with Crippen molar-refractivity contribution < 1.29 is 9.18 Å². The van der Waals surface area contributed by atoms with Crippen molar-refractivity contribution in [1.29, 1.82) is 0 Å². The van der Waals surface area contributed by atoms with Crippen LogP contribution in [-0.4, -0.2) is 18.0 Å². The third-order valence-electron chi connectivity index (χ3n) is 4.29. The van der Waals surface area contributed by atoms with Gasteiger partial charge in [0, 0.05) is 11.7 Å². The van der Waals surface area contributed by atoms with Crippen molar-refractivity contribution in [3.05, 3.63) is 30.1 Å². The molecule has 1 heterocycles. The fourth-order valence-corrected chi connectivity index (χ4v) is 3.28. The van der Waals surface area contributed by atoms with Crippen molar-refractivity contribution in [1.82, 2.24) is 5.32 Å². The predicted octanol–water partition coefficient (Wildman–Crippen LogP) is 2.68. The first-order valence-corrected chi connectivity index (χ1v) is 7.05. The molecule has 0 aromatic heterocycles. The summed E-state index contributed by atoms with van der Waals surface area (Å²) in [5.74, 6) is 0.363. The molecule has 1 aliphatic heterocycles. The van der Waals surface area contributed by atoms with Gasteiger partial charge in [-0.15, -0.1) is 0 Å². The van der Waals surface area contributed by atoms with E-state index < -0.39 is 0 Å². The Labute approximate surface area is 112 Å². The summed E-state index contributed by atoms with van der Waals surface area (Å²) in [6.45, 7) is 0. The largest absolute Gasteiger partial charge is 0.325 e. The van der Waals surface area contributed by atoms with Gasteiger partial charge in [-0.3, -0.25) is 4.79 Å². The molecule has 0 bridgehead atoms. The van der Waals surface area contributed by atoms with Crippen LogP contribution in [0.1, 0.15) is 32.1 Å². The van der Waals surface area contributed by atoms with Gasteiger partial charge in [0.2, 0.25) is 5.91 Å². The summed E-state index contributed by atoms with van der Waals surface area (Å²) in [5.41, 5.74) is 0.656. The lowest BCUT2D eigenvalue weighted by molar-refractivity contribution is -0.117. The summed E-state index contributed by atoms with van der Waals surface area (Å²) < 4.78 is 12.8. The van der Waals surface area contributed by atoms with Crippen LogP contribution in [-0.2, 0) is 4.79 Å². The second-order valence-corrected chi connectivity index (χ2v) is 5.60. The Morgan fingerprint density at radius 3 is 2.68 bits per heavy atom. The van der Waals surface area contributed by atoms with Gasteiger partial charge in [0.25, 0.3) is 0 Å². The Balaban J connectivity index is 1.60. The van der Waals surface area contributed by atoms with Crippen molar-refractivity contribution in [2.24, 2.45) is 5.92 Å². The molecule has 0 radical (unpaired) electrons. The molecule has 4 heteroatoms. The molecule has 1 amide bonds. The molecule has 19 heavy (non-hydrogen) atoms. The third-order valence-corrected chi connectivity index (χ3v) is 4.29. The number of hydrogen-bond acceptors (Lipinski definition) is 2. The number of halogens is 1. The zero-order valence-electron chi connectivity index (χ0n) is 10.9. The smallest absolute Gasteiger partial charge is 0.241 e. The van der Waals surface area contributed by atoms with E-state index in [1.807, 2.05) is 0 Å². The highest BCUT2D eigenvalue weighted by molar-refractivity contribution is 5.95. The number of fused-ring (bicyclic) bond motifs is 1. The lowest BCUT2D eigenvalue weighted by Gasteiger charge is -2.24. The summed E-state index contributed by atoms with van der Waals surface area (Å²) >= 11 is 0. The van der Waals surface area contributed by atoms with Gasteiger partial charge in [-0.05, 0) is 49.4 Å². The van der Waals surface area contributed by atoms with E-state index in [1.165, 1.54) is 37.8 Å². The van der Waals surface area contributed by atoms with Crippen molar-refractivity contribution >= 4 is 11.6 Å². The van der Waals surface area contributed by atoms with Crippen LogP contribution in [0.15, 0.2) is 24.3 Å². The number of carbonyl (C=O) groups excluding carboxylic acids is 1. The molecule has 0 spiro atoms. The van der Waals surface area contributed by atoms with Crippen LogP contribution in [0.25, 0.3) is 0 Å². The van der Waals surface area contributed by atoms with Gasteiger partial charge in [0.1, 0.15) is 5.82 Å². The summed E-state index contributed by atoms with van der Waals surface area (Å²) in [6, 6.07) is 6.32. The fourth-order valence-electron chi connectivity index (χ4n) is 3.28. The monoisotopic (exact) mass is 262 g/mol. The van der Waals surface area contributed by atoms with Crippen LogP contribution in [0.5, 0.6) is 0 Å². The standard InChI is InChI=1S/C15H19FN2O/c16-11-5-7-12(8-6-11)17-15(19)14-9-10-3-1-2-4-13(10)18-14/h5-8,10,13-14,18H,1-4,9H2,(H,17,19). The van der Waals surface area contributed by atoms with Gasteiger partial charge in [0.15, 0.2) is 0 Å². The van der Waals surface area contributed by atoms with Gasteiger partial charge >= 0.3 is 0 Å². The molecule has 1 aromatic rings. The van der Waals surface area contributed by atoms with Crippen LogP contribution < -0.4 is 10.6 Å². The Kier molecular flexibility index (Phi) is 3.51. The molecule has 2 fully saturated rings. The Hall–Kier alpha value is -1.42. The zero-order valence-corrected chi connectivity index (χ0v) is 10.9. The van der Waals surface area contributed by atoms with E-state index in [0.29, 0.717) is 17.6 Å². The molecule has 3 rings (SSSR count). The van der Waals surface area contributed by atoms with E-state index in [-0.39, 0.29) is 17.8 Å². The molecule has 102 valence electrons. The lowest BCUT2D eigenvalue weighted by Crippen LogP contribution is -2.39. The van der Waals surface area contributed by atoms with E-state index in [9.17, 15) is 9.18 Å². The molecule has 1 saturated carbocycles. The number of nitrogens with one attached hydrogen (secondary N) is 2. The number of rotatable bonds is 2. The maximum absolute atomic E-state index is 12.8. The normalized spacial score (nSPS) is 29.8. The summed E-state index contributed by atoms with van der Waals surface area (Å²) in [5, 5.41) is 6.29. The van der Waals surface area contributed by atoms with Crippen LogP contribution in [0.3, 0.4) is 0 Å². The average Bonchev–Trinajstić information content (AvgIpc) is 2.85. The van der Waals surface area contributed by atoms with Gasteiger partial charge in [-0.25, -0.2) is 4.39 Å². The molecule has 1 saturated heterocycles. The molecule has 3 nitrogen and oxygen atoms in total. The SMILES string of the molecule is O=C(Nc1ccc(F)cc1)C1CC2CCCCC2N1. The van der Waals surface area contributed by atoms with Crippen molar-refractivity contribution in [2.75, 3.05) is 5.32 Å². The van der Waals surface area contributed by atoms with Crippen molar-refractivity contribution in [3.63, 3.8) is 0 Å². The number of anilines is 1. The molecule has 1 aromatic carbocycles. The Morgan fingerprint density at radius 1 is 1.21 bits per heavy atom. The van der Waals surface area contributed by atoms with Crippen LogP contribution in [0.4, 0.5) is 10.1 Å². The highest BCUT2D eigenvalue weighted by Gasteiger charge is 2.38. The molecule has 2 aliphatic rings. The topological polar surface area (TPSA) is 41.1 Å². The fraction of sp³-hybridized carbons (Fsp3) is 0.533. The number of benzene rings is 1. The molecule has 2 N–H and O–H groups in total. The minimum Gasteiger partial charge on any atom is -0.325 e. The van der Waals surface area contributed by atoms with Crippen LogP contribution in [0, 0.1) is 11.7 Å². The molecular formula is C15H19FN2O. The molecule has 1 aliphatic carbocycles. The Morgan fingerprint density at radius 2 is 1.95 bits per heavy atom. The Bertz CT molecular complexity index is 446.